The van der Waals surface area contributed by atoms with Gasteiger partial charge in [0.15, 0.2) is 5.11 Å². The number of thiocarbonyl (C=S) groups is 1. The molecule has 1 saturated heterocycles. The molecule has 2 aromatic rings. The second-order valence-corrected chi connectivity index (χ2v) is 7.38. The topological polar surface area (TPSA) is 53.6 Å². The highest BCUT2D eigenvalue weighted by molar-refractivity contribution is 7.80. The van der Waals surface area contributed by atoms with Gasteiger partial charge in [0.2, 0.25) is 0 Å². The van der Waals surface area contributed by atoms with E-state index in [4.69, 9.17) is 17.0 Å². The highest BCUT2D eigenvalue weighted by atomic mass is 32.1. The minimum atomic E-state index is -0.562. The lowest BCUT2D eigenvalue weighted by Gasteiger charge is -2.35. The molecule has 146 valence electrons. The molecule has 2 atom stereocenters. The smallest absolute Gasteiger partial charge is 0.317 e. The summed E-state index contributed by atoms with van der Waals surface area (Å²) in [6.07, 6.45) is 0.674. The predicted octanol–water partition coefficient (Wildman–Crippen LogP) is 3.19. The van der Waals surface area contributed by atoms with Gasteiger partial charge in [0.05, 0.1) is 12.6 Å². The molecular weight excluding hydrogens is 370 g/mol. The van der Waals surface area contributed by atoms with E-state index >= 15 is 0 Å². The van der Waals surface area contributed by atoms with Gasteiger partial charge in [-0.15, -0.1) is 0 Å². The van der Waals surface area contributed by atoms with E-state index in [0.29, 0.717) is 23.8 Å². The van der Waals surface area contributed by atoms with Crippen LogP contribution in [0.5, 0.6) is 0 Å². The lowest BCUT2D eigenvalue weighted by atomic mass is 9.89. The zero-order chi connectivity index (χ0) is 20.1. The molecule has 0 bridgehead atoms. The highest BCUT2D eigenvalue weighted by Crippen LogP contribution is 2.31. The van der Waals surface area contributed by atoms with Gasteiger partial charge in [0.25, 0.3) is 0 Å². The molecule has 1 heterocycles. The Morgan fingerprint density at radius 2 is 1.82 bits per heavy atom. The summed E-state index contributed by atoms with van der Waals surface area (Å²) in [5, 5.41) is 6.62. The first-order valence-electron chi connectivity index (χ1n) is 9.20. The summed E-state index contributed by atoms with van der Waals surface area (Å²) >= 11 is 5.27. The first-order chi connectivity index (χ1) is 13.5. The maximum Gasteiger partial charge on any atom is 0.317 e. The Balaban J connectivity index is 1.72. The van der Waals surface area contributed by atoms with E-state index in [1.165, 1.54) is 0 Å². The molecular formula is C22H25N3O2S. The SMILES string of the molecule is C=C1NC(=S)NC(c2ccc(N(C)C)cc2)C1C(=O)OCCc1ccccc1. The van der Waals surface area contributed by atoms with Crippen molar-refractivity contribution in [2.45, 2.75) is 12.5 Å². The summed E-state index contributed by atoms with van der Waals surface area (Å²) in [4.78, 5) is 14.9. The number of nitrogens with one attached hydrogen (secondary N) is 2. The molecule has 2 aromatic carbocycles. The summed E-state index contributed by atoms with van der Waals surface area (Å²) in [6.45, 7) is 4.33. The molecule has 6 heteroatoms. The van der Waals surface area contributed by atoms with Crippen LogP contribution in [-0.4, -0.2) is 31.8 Å². The minimum Gasteiger partial charge on any atom is -0.465 e. The molecule has 2 N–H and O–H groups in total. The Morgan fingerprint density at radius 1 is 1.14 bits per heavy atom. The molecule has 0 amide bonds. The summed E-state index contributed by atoms with van der Waals surface area (Å²) in [5.74, 6) is -0.877. The van der Waals surface area contributed by atoms with E-state index in [0.717, 1.165) is 16.8 Å². The minimum absolute atomic E-state index is 0.315. The Labute approximate surface area is 171 Å². The van der Waals surface area contributed by atoms with E-state index in [1.807, 2.05) is 73.6 Å². The molecule has 3 rings (SSSR count). The standard InChI is InChI=1S/C22H25N3O2S/c1-15-19(21(26)27-14-13-16-7-5-4-6-8-16)20(24-22(28)23-15)17-9-11-18(12-10-17)25(2)3/h4-12,19-20H,1,13-14H2,2-3H3,(H2,23,24,28). The van der Waals surface area contributed by atoms with Crippen LogP contribution >= 0.6 is 12.2 Å². The fraction of sp³-hybridized carbons (Fsp3) is 0.273. The lowest BCUT2D eigenvalue weighted by molar-refractivity contribution is -0.148. The van der Waals surface area contributed by atoms with Gasteiger partial charge in [-0.3, -0.25) is 4.79 Å². The van der Waals surface area contributed by atoms with Crippen molar-refractivity contribution in [1.29, 1.82) is 0 Å². The number of carbonyl (C=O) groups excluding carboxylic acids is 1. The van der Waals surface area contributed by atoms with Gasteiger partial charge < -0.3 is 20.3 Å². The van der Waals surface area contributed by atoms with Gasteiger partial charge in [-0.05, 0) is 35.5 Å². The van der Waals surface area contributed by atoms with E-state index in [1.54, 1.807) is 0 Å². The van der Waals surface area contributed by atoms with E-state index in [9.17, 15) is 4.79 Å². The number of hydrogen-bond acceptors (Lipinski definition) is 4. The molecule has 1 aliphatic rings. The number of rotatable bonds is 6. The molecule has 28 heavy (non-hydrogen) atoms. The monoisotopic (exact) mass is 395 g/mol. The summed E-state index contributed by atoms with van der Waals surface area (Å²) < 4.78 is 5.57. The normalized spacial score (nSPS) is 18.8. The van der Waals surface area contributed by atoms with E-state index in [2.05, 4.69) is 17.2 Å². The summed E-state index contributed by atoms with van der Waals surface area (Å²) in [5.41, 5.74) is 3.72. The van der Waals surface area contributed by atoms with Crippen LogP contribution in [0.3, 0.4) is 0 Å². The molecule has 0 saturated carbocycles. The van der Waals surface area contributed by atoms with Crippen LogP contribution in [0.1, 0.15) is 17.2 Å². The third-order valence-electron chi connectivity index (χ3n) is 4.77. The third-order valence-corrected chi connectivity index (χ3v) is 4.99. The molecule has 5 nitrogen and oxygen atoms in total. The number of ether oxygens (including phenoxy) is 1. The first-order valence-corrected chi connectivity index (χ1v) is 9.60. The van der Waals surface area contributed by atoms with Crippen molar-refractivity contribution in [2.75, 3.05) is 25.6 Å². The zero-order valence-corrected chi connectivity index (χ0v) is 17.0. The fourth-order valence-corrected chi connectivity index (χ4v) is 3.48. The quantitative estimate of drug-likeness (QED) is 0.579. The van der Waals surface area contributed by atoms with Crippen LogP contribution in [0.2, 0.25) is 0 Å². The Hall–Kier alpha value is -2.86. The number of anilines is 1. The zero-order valence-electron chi connectivity index (χ0n) is 16.1. The van der Waals surface area contributed by atoms with Crippen molar-refractivity contribution in [3.05, 3.63) is 78.0 Å². The van der Waals surface area contributed by atoms with E-state index in [-0.39, 0.29) is 12.0 Å². The number of carbonyl (C=O) groups is 1. The average molecular weight is 396 g/mol. The fourth-order valence-electron chi connectivity index (χ4n) is 3.22. The number of esters is 1. The van der Waals surface area contributed by atoms with Gasteiger partial charge in [0.1, 0.15) is 5.92 Å². The number of benzene rings is 2. The van der Waals surface area contributed by atoms with Gasteiger partial charge in [-0.2, -0.15) is 0 Å². The van der Waals surface area contributed by atoms with Crippen LogP contribution in [-0.2, 0) is 16.0 Å². The molecule has 0 radical (unpaired) electrons. The van der Waals surface area contributed by atoms with Crippen LogP contribution in [0.4, 0.5) is 5.69 Å². The van der Waals surface area contributed by atoms with Crippen molar-refractivity contribution >= 4 is 29.0 Å². The van der Waals surface area contributed by atoms with Crippen molar-refractivity contribution in [2.24, 2.45) is 5.92 Å². The predicted molar refractivity (Wildman–Crippen MR) is 116 cm³/mol. The maximum absolute atomic E-state index is 12.8. The largest absolute Gasteiger partial charge is 0.465 e. The van der Waals surface area contributed by atoms with Crippen molar-refractivity contribution in [1.82, 2.24) is 10.6 Å². The van der Waals surface area contributed by atoms with Crippen molar-refractivity contribution < 1.29 is 9.53 Å². The molecule has 0 aliphatic carbocycles. The van der Waals surface area contributed by atoms with Gasteiger partial charge in [-0.25, -0.2) is 0 Å². The van der Waals surface area contributed by atoms with Gasteiger partial charge in [0, 0.05) is 31.9 Å². The second-order valence-electron chi connectivity index (χ2n) is 6.97. The van der Waals surface area contributed by atoms with Crippen LogP contribution in [0.25, 0.3) is 0 Å². The average Bonchev–Trinajstić information content (AvgIpc) is 2.68. The van der Waals surface area contributed by atoms with Crippen molar-refractivity contribution in [3.63, 3.8) is 0 Å². The highest BCUT2D eigenvalue weighted by Gasteiger charge is 2.37. The van der Waals surface area contributed by atoms with E-state index < -0.39 is 5.92 Å². The molecule has 1 fully saturated rings. The van der Waals surface area contributed by atoms with Gasteiger partial charge in [-0.1, -0.05) is 49.0 Å². The Kier molecular flexibility index (Phi) is 6.31. The molecule has 0 spiro atoms. The molecule has 1 aliphatic heterocycles. The molecule has 2 unspecified atom stereocenters. The number of nitrogens with zero attached hydrogens (tertiary/aromatic N) is 1. The maximum atomic E-state index is 12.8. The first kappa shape index (κ1) is 19.9. The number of hydrogen-bond donors (Lipinski definition) is 2. The molecule has 0 aromatic heterocycles. The Morgan fingerprint density at radius 3 is 2.46 bits per heavy atom. The summed E-state index contributed by atoms with van der Waals surface area (Å²) in [6, 6.07) is 17.7. The lowest BCUT2D eigenvalue weighted by Crippen LogP contribution is -2.51. The van der Waals surface area contributed by atoms with Crippen LogP contribution in [0, 0.1) is 5.92 Å². The van der Waals surface area contributed by atoms with Crippen LogP contribution < -0.4 is 15.5 Å². The van der Waals surface area contributed by atoms with Gasteiger partial charge >= 0.3 is 5.97 Å². The second kappa shape index (κ2) is 8.89. The van der Waals surface area contributed by atoms with Crippen molar-refractivity contribution in [3.8, 4) is 0 Å². The Bertz CT molecular complexity index is 850. The third kappa shape index (κ3) is 4.70. The summed E-state index contributed by atoms with van der Waals surface area (Å²) in [7, 11) is 3.98. The van der Waals surface area contributed by atoms with Crippen LogP contribution in [0.15, 0.2) is 66.9 Å².